The molecular formula is C12H23NO. The normalized spacial score (nSPS) is 26.5. The zero-order valence-electron chi connectivity index (χ0n) is 9.75. The SMILES string of the molecule is CCCC1CCC(=O)CN1C(C)CC. The van der Waals surface area contributed by atoms with E-state index in [-0.39, 0.29) is 0 Å². The molecule has 2 atom stereocenters. The highest BCUT2D eigenvalue weighted by atomic mass is 16.1. The van der Waals surface area contributed by atoms with Crippen LogP contribution in [0.1, 0.15) is 52.9 Å². The maximum atomic E-state index is 11.4. The Bertz CT molecular complexity index is 191. The quantitative estimate of drug-likeness (QED) is 0.690. The smallest absolute Gasteiger partial charge is 0.146 e. The minimum absolute atomic E-state index is 0.428. The fourth-order valence-corrected chi connectivity index (χ4v) is 2.30. The predicted molar refractivity (Wildman–Crippen MR) is 59.4 cm³/mol. The van der Waals surface area contributed by atoms with Gasteiger partial charge in [0.1, 0.15) is 5.78 Å². The van der Waals surface area contributed by atoms with Gasteiger partial charge in [-0.3, -0.25) is 9.69 Å². The molecular weight excluding hydrogens is 174 g/mol. The van der Waals surface area contributed by atoms with Crippen LogP contribution in [0.25, 0.3) is 0 Å². The van der Waals surface area contributed by atoms with E-state index in [1.54, 1.807) is 0 Å². The Labute approximate surface area is 87.7 Å². The molecule has 0 amide bonds. The second-order valence-corrected chi connectivity index (χ2v) is 4.45. The minimum atomic E-state index is 0.428. The molecule has 1 rings (SSSR count). The molecule has 1 heterocycles. The summed E-state index contributed by atoms with van der Waals surface area (Å²) >= 11 is 0. The maximum Gasteiger partial charge on any atom is 0.146 e. The Kier molecular flexibility index (Phi) is 4.59. The van der Waals surface area contributed by atoms with Crippen molar-refractivity contribution >= 4 is 5.78 Å². The van der Waals surface area contributed by atoms with Crippen LogP contribution in [0.2, 0.25) is 0 Å². The molecule has 1 aliphatic rings. The van der Waals surface area contributed by atoms with Gasteiger partial charge in [-0.05, 0) is 26.2 Å². The fraction of sp³-hybridized carbons (Fsp3) is 0.917. The number of likely N-dealkylation sites (tertiary alicyclic amines) is 1. The van der Waals surface area contributed by atoms with Crippen LogP contribution >= 0.6 is 0 Å². The van der Waals surface area contributed by atoms with Crippen LogP contribution in [0, 0.1) is 0 Å². The van der Waals surface area contributed by atoms with Crippen LogP contribution in [0.15, 0.2) is 0 Å². The third-order valence-electron chi connectivity index (χ3n) is 3.36. The number of hydrogen-bond donors (Lipinski definition) is 0. The van der Waals surface area contributed by atoms with Crippen molar-refractivity contribution in [1.29, 1.82) is 0 Å². The topological polar surface area (TPSA) is 20.3 Å². The van der Waals surface area contributed by atoms with Gasteiger partial charge in [-0.2, -0.15) is 0 Å². The first-order valence-electron chi connectivity index (χ1n) is 5.96. The lowest BCUT2D eigenvalue weighted by atomic mass is 9.95. The van der Waals surface area contributed by atoms with E-state index in [9.17, 15) is 4.79 Å². The summed E-state index contributed by atoms with van der Waals surface area (Å²) in [7, 11) is 0. The zero-order chi connectivity index (χ0) is 10.6. The van der Waals surface area contributed by atoms with Gasteiger partial charge in [-0.25, -0.2) is 0 Å². The molecule has 0 aromatic carbocycles. The number of carbonyl (C=O) groups excluding carboxylic acids is 1. The van der Waals surface area contributed by atoms with E-state index < -0.39 is 0 Å². The lowest BCUT2D eigenvalue weighted by Crippen LogP contribution is -2.48. The summed E-state index contributed by atoms with van der Waals surface area (Å²) in [4.78, 5) is 13.8. The highest BCUT2D eigenvalue weighted by Crippen LogP contribution is 2.22. The van der Waals surface area contributed by atoms with Gasteiger partial charge in [0.15, 0.2) is 0 Å². The van der Waals surface area contributed by atoms with Gasteiger partial charge in [0.25, 0.3) is 0 Å². The molecule has 1 saturated heterocycles. The fourth-order valence-electron chi connectivity index (χ4n) is 2.30. The number of rotatable bonds is 4. The maximum absolute atomic E-state index is 11.4. The number of nitrogens with zero attached hydrogens (tertiary/aromatic N) is 1. The molecule has 2 unspecified atom stereocenters. The summed E-state index contributed by atoms with van der Waals surface area (Å²) in [5, 5.41) is 0. The minimum Gasteiger partial charge on any atom is -0.298 e. The molecule has 0 aromatic heterocycles. The third kappa shape index (κ3) is 2.81. The van der Waals surface area contributed by atoms with E-state index in [0.717, 1.165) is 19.3 Å². The number of Topliss-reactive ketones (excluding diaryl/α,β-unsaturated/α-hetero) is 1. The Balaban J connectivity index is 2.58. The molecule has 14 heavy (non-hydrogen) atoms. The summed E-state index contributed by atoms with van der Waals surface area (Å²) in [5.41, 5.74) is 0. The van der Waals surface area contributed by atoms with E-state index in [0.29, 0.717) is 24.4 Å². The lowest BCUT2D eigenvalue weighted by molar-refractivity contribution is -0.124. The average Bonchev–Trinajstić information content (AvgIpc) is 2.20. The highest BCUT2D eigenvalue weighted by Gasteiger charge is 2.28. The number of piperidine rings is 1. The van der Waals surface area contributed by atoms with Crippen molar-refractivity contribution in [2.24, 2.45) is 0 Å². The third-order valence-corrected chi connectivity index (χ3v) is 3.36. The molecule has 0 radical (unpaired) electrons. The molecule has 0 bridgehead atoms. The Morgan fingerprint density at radius 2 is 2.21 bits per heavy atom. The Morgan fingerprint density at radius 3 is 2.79 bits per heavy atom. The standard InChI is InChI=1S/C12H23NO/c1-4-6-11-7-8-12(14)9-13(11)10(3)5-2/h10-11H,4-9H2,1-3H3. The first kappa shape index (κ1) is 11.7. The van der Waals surface area contributed by atoms with Gasteiger partial charge < -0.3 is 0 Å². The largest absolute Gasteiger partial charge is 0.298 e. The van der Waals surface area contributed by atoms with Crippen molar-refractivity contribution in [3.63, 3.8) is 0 Å². The van der Waals surface area contributed by atoms with E-state index in [2.05, 4.69) is 25.7 Å². The number of carbonyl (C=O) groups is 1. The van der Waals surface area contributed by atoms with Gasteiger partial charge >= 0.3 is 0 Å². The summed E-state index contributed by atoms with van der Waals surface area (Å²) in [6, 6.07) is 1.23. The van der Waals surface area contributed by atoms with E-state index in [4.69, 9.17) is 0 Å². The van der Waals surface area contributed by atoms with Crippen molar-refractivity contribution in [2.45, 2.75) is 65.0 Å². The zero-order valence-corrected chi connectivity index (χ0v) is 9.75. The van der Waals surface area contributed by atoms with E-state index >= 15 is 0 Å². The van der Waals surface area contributed by atoms with Crippen LogP contribution in [0.5, 0.6) is 0 Å². The summed E-state index contributed by atoms with van der Waals surface area (Å²) in [6.45, 7) is 7.36. The summed E-state index contributed by atoms with van der Waals surface area (Å²) in [6.07, 6.45) is 5.51. The van der Waals surface area contributed by atoms with Gasteiger partial charge in [0.05, 0.1) is 6.54 Å². The summed E-state index contributed by atoms with van der Waals surface area (Å²) in [5.74, 6) is 0.428. The first-order chi connectivity index (χ1) is 6.69. The van der Waals surface area contributed by atoms with Gasteiger partial charge in [-0.1, -0.05) is 20.3 Å². The Hall–Kier alpha value is -0.370. The molecule has 0 spiro atoms. The molecule has 2 nitrogen and oxygen atoms in total. The van der Waals surface area contributed by atoms with Gasteiger partial charge in [0, 0.05) is 18.5 Å². The molecule has 82 valence electrons. The van der Waals surface area contributed by atoms with Crippen LogP contribution in [0.4, 0.5) is 0 Å². The molecule has 1 fully saturated rings. The van der Waals surface area contributed by atoms with Crippen molar-refractivity contribution in [2.75, 3.05) is 6.54 Å². The van der Waals surface area contributed by atoms with Gasteiger partial charge in [0.2, 0.25) is 0 Å². The molecule has 2 heteroatoms. The Morgan fingerprint density at radius 1 is 1.50 bits per heavy atom. The van der Waals surface area contributed by atoms with Crippen molar-refractivity contribution in [3.05, 3.63) is 0 Å². The van der Waals surface area contributed by atoms with E-state index in [1.807, 2.05) is 0 Å². The second kappa shape index (κ2) is 5.50. The number of hydrogen-bond acceptors (Lipinski definition) is 2. The molecule has 1 aliphatic heterocycles. The summed E-state index contributed by atoms with van der Waals surface area (Å²) < 4.78 is 0. The molecule has 0 N–H and O–H groups in total. The lowest BCUT2D eigenvalue weighted by Gasteiger charge is -2.38. The van der Waals surface area contributed by atoms with Crippen LogP contribution in [0.3, 0.4) is 0 Å². The van der Waals surface area contributed by atoms with Crippen LogP contribution < -0.4 is 0 Å². The van der Waals surface area contributed by atoms with E-state index in [1.165, 1.54) is 12.8 Å². The average molecular weight is 197 g/mol. The second-order valence-electron chi connectivity index (χ2n) is 4.45. The molecule has 0 saturated carbocycles. The monoisotopic (exact) mass is 197 g/mol. The van der Waals surface area contributed by atoms with Crippen molar-refractivity contribution in [1.82, 2.24) is 4.90 Å². The first-order valence-corrected chi connectivity index (χ1v) is 5.96. The van der Waals surface area contributed by atoms with Gasteiger partial charge in [-0.15, -0.1) is 0 Å². The van der Waals surface area contributed by atoms with Crippen LogP contribution in [-0.2, 0) is 4.79 Å². The van der Waals surface area contributed by atoms with Crippen molar-refractivity contribution in [3.8, 4) is 0 Å². The van der Waals surface area contributed by atoms with Crippen LogP contribution in [-0.4, -0.2) is 29.3 Å². The van der Waals surface area contributed by atoms with Crippen molar-refractivity contribution < 1.29 is 4.79 Å². The molecule has 0 aromatic rings. The number of ketones is 1. The predicted octanol–water partition coefficient (Wildman–Crippen LogP) is 2.62. The highest BCUT2D eigenvalue weighted by molar-refractivity contribution is 5.81. The molecule has 0 aliphatic carbocycles.